The van der Waals surface area contributed by atoms with Gasteiger partial charge in [-0.2, -0.15) is 0 Å². The van der Waals surface area contributed by atoms with E-state index in [9.17, 15) is 19.1 Å². The Kier molecular flexibility index (Phi) is 6.12. The Labute approximate surface area is 187 Å². The maximum absolute atomic E-state index is 14.3. The van der Waals surface area contributed by atoms with Crippen molar-refractivity contribution in [1.29, 1.82) is 0 Å². The number of tetrazole rings is 1. The summed E-state index contributed by atoms with van der Waals surface area (Å²) in [5, 5.41) is 27.1. The highest BCUT2D eigenvalue weighted by molar-refractivity contribution is 8.76. The van der Waals surface area contributed by atoms with E-state index in [1.807, 2.05) is 0 Å². The Morgan fingerprint density at radius 3 is 2.88 bits per heavy atom. The summed E-state index contributed by atoms with van der Waals surface area (Å²) in [5.41, 5.74) is 5.37. The van der Waals surface area contributed by atoms with Gasteiger partial charge in [0.2, 0.25) is 5.65 Å². The van der Waals surface area contributed by atoms with Crippen LogP contribution in [0.3, 0.4) is 0 Å². The van der Waals surface area contributed by atoms with Crippen molar-refractivity contribution in [1.82, 2.24) is 25.3 Å². The van der Waals surface area contributed by atoms with Crippen LogP contribution in [0, 0.1) is 18.2 Å². The van der Waals surface area contributed by atoms with Gasteiger partial charge in [0.25, 0.3) is 5.91 Å². The first kappa shape index (κ1) is 21.8. The van der Waals surface area contributed by atoms with Gasteiger partial charge in [0.05, 0.1) is 22.5 Å². The van der Waals surface area contributed by atoms with Crippen LogP contribution >= 0.6 is 21.6 Å². The molecule has 0 unspecified atom stereocenters. The number of terminal acetylenes is 1. The van der Waals surface area contributed by atoms with Gasteiger partial charge < -0.3 is 20.9 Å². The summed E-state index contributed by atoms with van der Waals surface area (Å²) in [6.45, 7) is 0. The van der Waals surface area contributed by atoms with Crippen LogP contribution in [0.2, 0.25) is 0 Å². The van der Waals surface area contributed by atoms with E-state index in [0.29, 0.717) is 11.5 Å². The molecule has 2 aromatic heterocycles. The fourth-order valence-corrected chi connectivity index (χ4v) is 5.15. The number of nitrogens with one attached hydrogen (secondary N) is 1. The van der Waals surface area contributed by atoms with E-state index in [1.54, 1.807) is 0 Å². The van der Waals surface area contributed by atoms with Crippen molar-refractivity contribution in [3.05, 3.63) is 40.8 Å². The first-order valence-electron chi connectivity index (χ1n) is 8.97. The zero-order chi connectivity index (χ0) is 22.8. The minimum atomic E-state index is -0.928. The van der Waals surface area contributed by atoms with E-state index >= 15 is 0 Å². The fraction of sp³-hybridized carbons (Fsp3) is 0.222. The van der Waals surface area contributed by atoms with Gasteiger partial charge in [-0.1, -0.05) is 27.5 Å². The van der Waals surface area contributed by atoms with E-state index in [0.717, 1.165) is 16.8 Å². The third kappa shape index (κ3) is 4.31. The van der Waals surface area contributed by atoms with Crippen LogP contribution in [-0.4, -0.2) is 66.0 Å². The largest absolute Gasteiger partial charge is 0.455 e. The topological polar surface area (TPSA) is 158 Å². The summed E-state index contributed by atoms with van der Waals surface area (Å²) in [5.74, 6) is 0.334. The van der Waals surface area contributed by atoms with Crippen molar-refractivity contribution >= 4 is 50.5 Å². The molecule has 2 atom stereocenters. The molecule has 164 valence electrons. The first-order valence-corrected chi connectivity index (χ1v) is 11.5. The van der Waals surface area contributed by atoms with Crippen molar-refractivity contribution in [2.75, 3.05) is 22.6 Å². The molecule has 14 heteroatoms. The summed E-state index contributed by atoms with van der Waals surface area (Å²) in [7, 11) is 2.89. The summed E-state index contributed by atoms with van der Waals surface area (Å²) < 4.78 is 20.6. The second-order valence-corrected chi connectivity index (χ2v) is 9.09. The lowest BCUT2D eigenvalue weighted by Crippen LogP contribution is -2.37. The van der Waals surface area contributed by atoms with Crippen LogP contribution < -0.4 is 11.1 Å². The Morgan fingerprint density at radius 2 is 2.12 bits per heavy atom. The average molecular weight is 475 g/mol. The number of halogens is 1. The number of aliphatic hydroxyl groups is 1. The first-order chi connectivity index (χ1) is 15.4. The van der Waals surface area contributed by atoms with Gasteiger partial charge in [-0.15, -0.1) is 21.3 Å². The van der Waals surface area contributed by atoms with Gasteiger partial charge in [0, 0.05) is 11.5 Å². The molecule has 0 radical (unpaired) electrons. The molecular weight excluding hydrogens is 461 g/mol. The highest BCUT2D eigenvalue weighted by atomic mass is 33.1. The lowest BCUT2D eigenvalue weighted by molar-refractivity contribution is -0.00171. The Hall–Kier alpha value is -3.41. The van der Waals surface area contributed by atoms with Crippen molar-refractivity contribution in [2.45, 2.75) is 12.2 Å². The number of anilines is 2. The van der Waals surface area contributed by atoms with Gasteiger partial charge in [-0.05, 0) is 28.6 Å². The third-order valence-corrected chi connectivity index (χ3v) is 6.84. The van der Waals surface area contributed by atoms with Crippen LogP contribution in [0.5, 0.6) is 0 Å². The lowest BCUT2D eigenvalue weighted by atomic mass is 10.1. The molecule has 3 aromatic rings. The number of esters is 1. The molecule has 4 rings (SSSR count). The molecule has 1 amide bonds. The molecule has 32 heavy (non-hydrogen) atoms. The number of aliphatic hydroxyl groups excluding tert-OH is 1. The number of hydrogen-bond donors (Lipinski definition) is 3. The monoisotopic (exact) mass is 475 g/mol. The van der Waals surface area contributed by atoms with E-state index < -0.39 is 29.9 Å². The molecule has 3 heterocycles. The zero-order valence-corrected chi connectivity index (χ0v) is 17.7. The minimum Gasteiger partial charge on any atom is -0.455 e. The zero-order valence-electron chi connectivity index (χ0n) is 16.1. The number of nitrogens with zero attached hydrogens (tertiary/aromatic N) is 5. The smallest absolute Gasteiger partial charge is 0.340 e. The second kappa shape index (κ2) is 8.99. The maximum Gasteiger partial charge on any atom is 0.340 e. The molecule has 1 saturated heterocycles. The van der Waals surface area contributed by atoms with E-state index in [2.05, 4.69) is 31.9 Å². The van der Waals surface area contributed by atoms with Crippen LogP contribution in [0.25, 0.3) is 5.65 Å². The highest BCUT2D eigenvalue weighted by Gasteiger charge is 2.29. The molecular formula is C18H14FN7O4S2. The van der Waals surface area contributed by atoms with Crippen molar-refractivity contribution < 1.29 is 23.8 Å². The number of nitrogen functional groups attached to an aromatic ring is 1. The number of amides is 1. The number of nitrogens with two attached hydrogens (primary N) is 1. The highest BCUT2D eigenvalue weighted by Crippen LogP contribution is 2.32. The number of rotatable bonds is 4. The Bertz CT molecular complexity index is 1260. The van der Waals surface area contributed by atoms with Crippen LogP contribution in [0.4, 0.5) is 15.8 Å². The predicted molar refractivity (Wildman–Crippen MR) is 115 cm³/mol. The number of aromatic nitrogens is 5. The predicted octanol–water partition coefficient (Wildman–Crippen LogP) is 0.755. The summed E-state index contributed by atoms with van der Waals surface area (Å²) in [6, 6.07) is 3.25. The molecule has 1 aromatic carbocycles. The van der Waals surface area contributed by atoms with Gasteiger partial charge in [-0.3, -0.25) is 4.79 Å². The molecule has 1 fully saturated rings. The van der Waals surface area contributed by atoms with E-state index in [-0.39, 0.29) is 33.8 Å². The normalized spacial score (nSPS) is 18.2. The SMILES string of the molecule is C#Cc1cc(NC(=O)c2cc(N)c3nnnn3n2)c(C(=O)O[C@@H]2CSSC[C@H]2O)cc1F. The molecule has 4 N–H and O–H groups in total. The number of benzene rings is 1. The van der Waals surface area contributed by atoms with Crippen LogP contribution in [-0.2, 0) is 4.74 Å². The molecule has 1 aliphatic heterocycles. The van der Waals surface area contributed by atoms with Crippen molar-refractivity contribution in [3.8, 4) is 12.3 Å². The fourth-order valence-electron chi connectivity index (χ4n) is 2.78. The number of ether oxygens (including phenoxy) is 1. The molecule has 1 aliphatic rings. The number of carbonyl (C=O) groups excluding carboxylic acids is 2. The van der Waals surface area contributed by atoms with Crippen molar-refractivity contribution in [2.24, 2.45) is 0 Å². The Balaban J connectivity index is 1.65. The van der Waals surface area contributed by atoms with Gasteiger partial charge >= 0.3 is 5.97 Å². The summed E-state index contributed by atoms with van der Waals surface area (Å²) in [4.78, 5) is 25.5. The molecule has 0 bridgehead atoms. The molecule has 0 aliphatic carbocycles. The maximum atomic E-state index is 14.3. The third-order valence-electron chi connectivity index (χ3n) is 4.41. The minimum absolute atomic E-state index is 0.0971. The summed E-state index contributed by atoms with van der Waals surface area (Å²) >= 11 is 0. The van der Waals surface area contributed by atoms with Gasteiger partial charge in [-0.25, -0.2) is 9.18 Å². The standard InChI is InChI=1S/C18H14FN7O4S2/c1-2-8-3-12(21-17(28)13-5-11(20)16-22-24-25-26(16)23-13)9(4-10(8)19)18(29)30-15-7-32-31-6-14(15)27/h1,3-5,14-15,27H,6-7,20H2,(H,21,28)/t14-,15-/m1/s1. The van der Waals surface area contributed by atoms with E-state index in [4.69, 9.17) is 16.9 Å². The van der Waals surface area contributed by atoms with Crippen LogP contribution in [0.15, 0.2) is 18.2 Å². The molecule has 0 spiro atoms. The second-order valence-electron chi connectivity index (χ2n) is 6.53. The molecule has 0 saturated carbocycles. The number of hydrogen-bond acceptors (Lipinski definition) is 11. The Morgan fingerprint density at radius 1 is 1.34 bits per heavy atom. The quantitative estimate of drug-likeness (QED) is 0.278. The number of carbonyl (C=O) groups is 2. The van der Waals surface area contributed by atoms with Crippen LogP contribution in [0.1, 0.15) is 26.4 Å². The number of fused-ring (bicyclic) bond motifs is 1. The van der Waals surface area contributed by atoms with Gasteiger partial charge in [0.15, 0.2) is 5.69 Å². The van der Waals surface area contributed by atoms with Crippen molar-refractivity contribution in [3.63, 3.8) is 0 Å². The molecule has 11 nitrogen and oxygen atoms in total. The van der Waals surface area contributed by atoms with E-state index in [1.165, 1.54) is 27.7 Å². The van der Waals surface area contributed by atoms with Gasteiger partial charge in [0.1, 0.15) is 18.0 Å². The average Bonchev–Trinajstić information content (AvgIpc) is 3.25. The lowest BCUT2D eigenvalue weighted by Gasteiger charge is -2.26. The summed E-state index contributed by atoms with van der Waals surface area (Å²) in [6.07, 6.45) is 3.67.